The molecule has 0 spiro atoms. The molecule has 0 bridgehead atoms. The monoisotopic (exact) mass is 658 g/mol. The quantitative estimate of drug-likeness (QED) is 0.292. The second kappa shape index (κ2) is 14.5. The highest BCUT2D eigenvalue weighted by atomic mass is 32.2. The Morgan fingerprint density at radius 2 is 2.02 bits per heavy atom. The third kappa shape index (κ3) is 7.97. The molecular formula is C36H46N6O4S. The van der Waals surface area contributed by atoms with Gasteiger partial charge in [0.1, 0.15) is 10.6 Å². The lowest BCUT2D eigenvalue weighted by molar-refractivity contribution is -0.139. The number of carbonyl (C=O) groups is 1. The number of pyridine rings is 1. The second-order valence-electron chi connectivity index (χ2n) is 13.3. The van der Waals surface area contributed by atoms with Gasteiger partial charge in [-0.05, 0) is 93.3 Å². The van der Waals surface area contributed by atoms with Crippen LogP contribution in [-0.2, 0) is 45.7 Å². The number of amides is 1. The van der Waals surface area contributed by atoms with Crippen LogP contribution in [0.15, 0.2) is 83.7 Å². The van der Waals surface area contributed by atoms with Crippen molar-refractivity contribution in [2.75, 3.05) is 6.54 Å². The molecule has 0 saturated heterocycles. The maximum Gasteiger partial charge on any atom is 0.245 e. The average Bonchev–Trinajstić information content (AvgIpc) is 3.45. The van der Waals surface area contributed by atoms with Gasteiger partial charge < -0.3 is 10.1 Å². The SMILES string of the molecule is CCn1cc(CO[C@@H](c2ccc(C)c(CN3C[C@@H](C)Cc4ncccc4S3(=O)=O)c2)C(C)(C)C(=O)NC2=CC=CC(C)CC=C2)nn1. The molecule has 0 fully saturated rings. The normalized spacial score (nSPS) is 20.4. The number of carbonyl (C=O) groups excluding carboxylic acids is 1. The molecule has 5 rings (SSSR count). The zero-order valence-corrected chi connectivity index (χ0v) is 29.0. The van der Waals surface area contributed by atoms with Crippen molar-refractivity contribution in [2.24, 2.45) is 17.3 Å². The number of allylic oxidation sites excluding steroid dienone is 5. The Morgan fingerprint density at radius 3 is 2.79 bits per heavy atom. The first-order valence-corrected chi connectivity index (χ1v) is 17.7. The fraction of sp³-hybridized carbons (Fsp3) is 0.444. The first kappa shape index (κ1) is 34.4. The van der Waals surface area contributed by atoms with Gasteiger partial charge in [-0.25, -0.2) is 8.42 Å². The standard InChI is InChI=1S/C36H46N6O4S/c1-7-41-23-31(39-40-41)24-46-34(36(5,6)35(43)38-30-13-8-11-25(2)12-9-14-30)28-17-16-27(4)29(20-28)22-42-21-26(3)19-32-33(47(42,44)45)15-10-18-37-32/h8-11,13-18,20,23,25-26,34H,7,12,19,21-22,24H2,1-6H3,(H,38,43)/t25?,26-,34-/m0/s1. The van der Waals surface area contributed by atoms with Crippen molar-refractivity contribution < 1.29 is 17.9 Å². The predicted molar refractivity (Wildman–Crippen MR) is 181 cm³/mol. The predicted octanol–water partition coefficient (Wildman–Crippen LogP) is 5.82. The van der Waals surface area contributed by atoms with Crippen LogP contribution >= 0.6 is 0 Å². The van der Waals surface area contributed by atoms with Crippen LogP contribution in [0.2, 0.25) is 0 Å². The number of rotatable bonds is 10. The fourth-order valence-electron chi connectivity index (χ4n) is 5.99. The number of sulfonamides is 1. The lowest BCUT2D eigenvalue weighted by Crippen LogP contribution is -2.41. The molecule has 11 heteroatoms. The molecule has 1 aliphatic heterocycles. The third-order valence-corrected chi connectivity index (χ3v) is 10.8. The minimum atomic E-state index is -3.77. The van der Waals surface area contributed by atoms with Crippen LogP contribution in [0.3, 0.4) is 0 Å². The van der Waals surface area contributed by atoms with E-state index in [0.29, 0.717) is 42.5 Å². The summed E-state index contributed by atoms with van der Waals surface area (Å²) in [5.41, 5.74) is 3.50. The molecule has 3 aromatic rings. The highest BCUT2D eigenvalue weighted by molar-refractivity contribution is 7.89. The van der Waals surface area contributed by atoms with Crippen molar-refractivity contribution >= 4 is 15.9 Å². The highest BCUT2D eigenvalue weighted by Gasteiger charge is 2.40. The van der Waals surface area contributed by atoms with Gasteiger partial charge >= 0.3 is 0 Å². The number of hydrogen-bond acceptors (Lipinski definition) is 7. The van der Waals surface area contributed by atoms with Gasteiger partial charge in [0, 0.05) is 31.5 Å². The van der Waals surface area contributed by atoms with Crippen molar-refractivity contribution in [3.63, 3.8) is 0 Å². The lowest BCUT2D eigenvalue weighted by atomic mass is 9.80. The summed E-state index contributed by atoms with van der Waals surface area (Å²) in [6.45, 7) is 13.3. The first-order chi connectivity index (χ1) is 22.4. The summed E-state index contributed by atoms with van der Waals surface area (Å²) >= 11 is 0. The summed E-state index contributed by atoms with van der Waals surface area (Å²) in [7, 11) is -3.77. The molecule has 1 aliphatic carbocycles. The van der Waals surface area contributed by atoms with E-state index in [0.717, 1.165) is 23.1 Å². The van der Waals surface area contributed by atoms with Crippen LogP contribution in [0, 0.1) is 24.2 Å². The number of nitrogens with one attached hydrogen (secondary N) is 1. The maximum absolute atomic E-state index is 14.0. The van der Waals surface area contributed by atoms with Gasteiger partial charge in [-0.1, -0.05) is 55.5 Å². The van der Waals surface area contributed by atoms with Gasteiger partial charge in [-0.3, -0.25) is 14.5 Å². The van der Waals surface area contributed by atoms with Gasteiger partial charge in [0.25, 0.3) is 0 Å². The molecule has 1 amide bonds. The molecule has 1 N–H and O–H groups in total. The van der Waals surface area contributed by atoms with Gasteiger partial charge in [0.2, 0.25) is 15.9 Å². The largest absolute Gasteiger partial charge is 0.366 e. The number of aromatic nitrogens is 4. The molecule has 3 atom stereocenters. The zero-order valence-electron chi connectivity index (χ0n) is 28.2. The molecule has 250 valence electrons. The summed E-state index contributed by atoms with van der Waals surface area (Å²) < 4.78 is 37.6. The highest BCUT2D eigenvalue weighted by Crippen LogP contribution is 2.39. The molecule has 47 heavy (non-hydrogen) atoms. The smallest absolute Gasteiger partial charge is 0.245 e. The van der Waals surface area contributed by atoms with E-state index in [9.17, 15) is 13.2 Å². The van der Waals surface area contributed by atoms with Gasteiger partial charge in [0.05, 0.1) is 30.0 Å². The first-order valence-electron chi connectivity index (χ1n) is 16.3. The molecule has 1 aromatic carbocycles. The van der Waals surface area contributed by atoms with Gasteiger partial charge in [0.15, 0.2) is 0 Å². The Bertz CT molecular complexity index is 1790. The van der Waals surface area contributed by atoms with E-state index in [1.807, 2.05) is 77.2 Å². The molecule has 2 aliphatic rings. The number of aryl methyl sites for hydroxylation is 2. The number of benzene rings is 1. The van der Waals surface area contributed by atoms with Crippen molar-refractivity contribution in [1.29, 1.82) is 0 Å². The number of hydrogen-bond donors (Lipinski definition) is 1. The van der Waals surface area contributed by atoms with Crippen molar-refractivity contribution in [2.45, 2.75) is 85.1 Å². The third-order valence-electron chi connectivity index (χ3n) is 8.87. The van der Waals surface area contributed by atoms with Crippen molar-refractivity contribution in [3.05, 3.63) is 107 Å². The second-order valence-corrected chi connectivity index (χ2v) is 15.2. The van der Waals surface area contributed by atoms with Crippen LogP contribution in [0.4, 0.5) is 0 Å². The molecule has 10 nitrogen and oxygen atoms in total. The van der Waals surface area contributed by atoms with Crippen LogP contribution in [-0.4, -0.2) is 45.2 Å². The van der Waals surface area contributed by atoms with E-state index in [1.54, 1.807) is 27.3 Å². The molecule has 2 aromatic heterocycles. The Morgan fingerprint density at radius 1 is 1.21 bits per heavy atom. The molecular weight excluding hydrogens is 613 g/mol. The van der Waals surface area contributed by atoms with E-state index >= 15 is 0 Å². The van der Waals surface area contributed by atoms with Crippen molar-refractivity contribution in [1.82, 2.24) is 29.6 Å². The number of fused-ring (bicyclic) bond motifs is 1. The molecule has 3 heterocycles. The molecule has 1 unspecified atom stereocenters. The van der Waals surface area contributed by atoms with Gasteiger partial charge in [-0.15, -0.1) is 5.10 Å². The number of nitrogens with zero attached hydrogens (tertiary/aromatic N) is 5. The number of ether oxygens (including phenoxy) is 1. The zero-order chi connectivity index (χ0) is 33.8. The van der Waals surface area contributed by atoms with Crippen LogP contribution in [0.5, 0.6) is 0 Å². The summed E-state index contributed by atoms with van der Waals surface area (Å²) in [5.74, 6) is 0.316. The van der Waals surface area contributed by atoms with E-state index in [4.69, 9.17) is 4.74 Å². The summed E-state index contributed by atoms with van der Waals surface area (Å²) in [6, 6.07) is 9.22. The van der Waals surface area contributed by atoms with Crippen LogP contribution in [0.25, 0.3) is 0 Å². The van der Waals surface area contributed by atoms with Crippen LogP contribution in [0.1, 0.15) is 75.2 Å². The minimum Gasteiger partial charge on any atom is -0.366 e. The Balaban J connectivity index is 1.47. The lowest BCUT2D eigenvalue weighted by Gasteiger charge is -2.34. The van der Waals surface area contributed by atoms with E-state index < -0.39 is 21.5 Å². The Hall–Kier alpha value is -3.93. The summed E-state index contributed by atoms with van der Waals surface area (Å²) in [5, 5.41) is 11.5. The van der Waals surface area contributed by atoms with Gasteiger partial charge in [-0.2, -0.15) is 4.31 Å². The summed E-state index contributed by atoms with van der Waals surface area (Å²) in [4.78, 5) is 18.7. The molecule has 0 saturated carbocycles. The van der Waals surface area contributed by atoms with E-state index in [1.165, 1.54) is 0 Å². The average molecular weight is 659 g/mol. The Kier molecular flexibility index (Phi) is 10.6. The van der Waals surface area contributed by atoms with Crippen LogP contribution < -0.4 is 5.32 Å². The Labute approximate surface area is 278 Å². The van der Waals surface area contributed by atoms with E-state index in [2.05, 4.69) is 39.7 Å². The van der Waals surface area contributed by atoms with Crippen molar-refractivity contribution in [3.8, 4) is 0 Å². The minimum absolute atomic E-state index is 0.0920. The topological polar surface area (TPSA) is 119 Å². The molecule has 0 radical (unpaired) electrons. The van der Waals surface area contributed by atoms with E-state index in [-0.39, 0.29) is 29.9 Å². The fourth-order valence-corrected chi connectivity index (χ4v) is 7.71. The maximum atomic E-state index is 14.0. The summed E-state index contributed by atoms with van der Waals surface area (Å²) in [6.07, 6.45) is 14.3.